The van der Waals surface area contributed by atoms with Gasteiger partial charge in [-0.25, -0.2) is 4.79 Å². The standard InChI is InChI=1S/C18H22N4O4/c1-2-12(3-10-17(25)26)11-21-15(23)8-9-16(24)22-14-6-4-13(5-7-14)18(19)20/h4-7,12H,2,8-9,11H2,1H3,(H3,19,20)(H,21,23)(H,22,24)(H,25,26). The lowest BCUT2D eigenvalue weighted by Gasteiger charge is -2.10. The number of benzene rings is 1. The van der Waals surface area contributed by atoms with Crippen LogP contribution in [-0.2, 0) is 14.4 Å². The summed E-state index contributed by atoms with van der Waals surface area (Å²) in [5.41, 5.74) is 6.46. The van der Waals surface area contributed by atoms with E-state index in [1.54, 1.807) is 24.3 Å². The molecule has 0 aliphatic rings. The maximum atomic E-state index is 11.9. The first kappa shape index (κ1) is 20.7. The maximum absolute atomic E-state index is 11.9. The summed E-state index contributed by atoms with van der Waals surface area (Å²) in [4.78, 5) is 34.1. The number of amidine groups is 1. The molecule has 8 heteroatoms. The van der Waals surface area contributed by atoms with Gasteiger partial charge >= 0.3 is 5.97 Å². The van der Waals surface area contributed by atoms with Gasteiger partial charge in [0.1, 0.15) is 5.84 Å². The molecular weight excluding hydrogens is 336 g/mol. The van der Waals surface area contributed by atoms with Crippen LogP contribution < -0.4 is 16.4 Å². The number of anilines is 1. The first-order valence-electron chi connectivity index (χ1n) is 8.07. The Morgan fingerprint density at radius 2 is 1.81 bits per heavy atom. The van der Waals surface area contributed by atoms with Crippen LogP contribution in [0, 0.1) is 23.2 Å². The van der Waals surface area contributed by atoms with E-state index in [4.69, 9.17) is 16.2 Å². The van der Waals surface area contributed by atoms with Crippen LogP contribution in [0.15, 0.2) is 24.3 Å². The fourth-order valence-corrected chi connectivity index (χ4v) is 1.97. The number of nitrogens with two attached hydrogens (primary N) is 1. The maximum Gasteiger partial charge on any atom is 0.381 e. The molecule has 1 aromatic rings. The van der Waals surface area contributed by atoms with Crippen LogP contribution in [0.4, 0.5) is 5.69 Å². The summed E-state index contributed by atoms with van der Waals surface area (Å²) in [5, 5.41) is 21.1. The van der Waals surface area contributed by atoms with E-state index in [9.17, 15) is 14.4 Å². The van der Waals surface area contributed by atoms with Crippen LogP contribution in [-0.4, -0.2) is 35.3 Å². The number of nitrogens with one attached hydrogen (secondary N) is 3. The number of aliphatic carboxylic acids is 1. The van der Waals surface area contributed by atoms with Crippen molar-refractivity contribution in [2.75, 3.05) is 11.9 Å². The second-order valence-corrected chi connectivity index (χ2v) is 5.52. The average molecular weight is 358 g/mol. The Morgan fingerprint density at radius 3 is 2.35 bits per heavy atom. The number of rotatable bonds is 8. The lowest BCUT2D eigenvalue weighted by molar-refractivity contribution is -0.130. The van der Waals surface area contributed by atoms with Gasteiger partial charge in [0.2, 0.25) is 11.8 Å². The molecule has 0 aliphatic carbocycles. The molecule has 0 aromatic heterocycles. The summed E-state index contributed by atoms with van der Waals surface area (Å²) >= 11 is 0. The molecule has 0 radical (unpaired) electrons. The van der Waals surface area contributed by atoms with Crippen LogP contribution in [0.25, 0.3) is 0 Å². The fraction of sp³-hybridized carbons (Fsp3) is 0.333. The van der Waals surface area contributed by atoms with Crippen LogP contribution in [0.5, 0.6) is 0 Å². The Balaban J connectivity index is 2.37. The predicted octanol–water partition coefficient (Wildman–Crippen LogP) is 0.920. The van der Waals surface area contributed by atoms with E-state index in [0.717, 1.165) is 0 Å². The Labute approximate surface area is 151 Å². The van der Waals surface area contributed by atoms with Crippen LogP contribution in [0.2, 0.25) is 0 Å². The minimum absolute atomic E-state index is 0.0118. The number of carboxylic acids is 1. The summed E-state index contributed by atoms with van der Waals surface area (Å²) in [7, 11) is 0. The summed E-state index contributed by atoms with van der Waals surface area (Å²) in [6, 6.07) is 6.49. The van der Waals surface area contributed by atoms with E-state index >= 15 is 0 Å². The van der Waals surface area contributed by atoms with Gasteiger partial charge in [-0.2, -0.15) is 0 Å². The van der Waals surface area contributed by atoms with Gasteiger partial charge < -0.3 is 21.5 Å². The normalized spacial score (nSPS) is 10.8. The molecule has 26 heavy (non-hydrogen) atoms. The summed E-state index contributed by atoms with van der Waals surface area (Å²) in [6.07, 6.45) is 0.634. The number of hydrogen-bond donors (Lipinski definition) is 5. The molecule has 1 atom stereocenters. The minimum atomic E-state index is -1.21. The van der Waals surface area contributed by atoms with Gasteiger partial charge in [0.25, 0.3) is 0 Å². The van der Waals surface area contributed by atoms with Gasteiger partial charge in [-0.15, -0.1) is 0 Å². The van der Waals surface area contributed by atoms with Gasteiger partial charge in [-0.05, 0) is 30.7 Å². The molecule has 0 bridgehead atoms. The average Bonchev–Trinajstić information content (AvgIpc) is 2.60. The van der Waals surface area contributed by atoms with Crippen molar-refractivity contribution in [1.82, 2.24) is 5.32 Å². The molecule has 6 N–H and O–H groups in total. The summed E-state index contributed by atoms with van der Waals surface area (Å²) in [5.74, 6) is 2.48. The van der Waals surface area contributed by atoms with Crippen molar-refractivity contribution in [2.24, 2.45) is 11.7 Å². The van der Waals surface area contributed by atoms with Crippen molar-refractivity contribution in [3.63, 3.8) is 0 Å². The molecule has 138 valence electrons. The predicted molar refractivity (Wildman–Crippen MR) is 97.5 cm³/mol. The van der Waals surface area contributed by atoms with E-state index in [2.05, 4.69) is 16.6 Å². The molecule has 8 nitrogen and oxygen atoms in total. The molecule has 0 aliphatic heterocycles. The zero-order chi connectivity index (χ0) is 19.5. The zero-order valence-electron chi connectivity index (χ0n) is 14.5. The van der Waals surface area contributed by atoms with Gasteiger partial charge in [0.15, 0.2) is 0 Å². The quantitative estimate of drug-likeness (QED) is 0.266. The van der Waals surface area contributed by atoms with E-state index in [1.807, 2.05) is 12.8 Å². The number of carboxylic acid groups (broad SMARTS) is 1. The highest BCUT2D eigenvalue weighted by Gasteiger charge is 2.09. The highest BCUT2D eigenvalue weighted by Crippen LogP contribution is 2.10. The SMILES string of the molecule is CCC(C#CC(=O)O)CNC(=O)CCC(=O)Nc1ccc(C(=N)N)cc1. The molecule has 0 fully saturated rings. The second-order valence-electron chi connectivity index (χ2n) is 5.52. The van der Waals surface area contributed by atoms with Crippen molar-refractivity contribution >= 4 is 29.3 Å². The molecule has 1 unspecified atom stereocenters. The number of amides is 2. The largest absolute Gasteiger partial charge is 0.472 e. The number of carbonyl (C=O) groups excluding carboxylic acids is 2. The van der Waals surface area contributed by atoms with Crippen LogP contribution in [0.1, 0.15) is 31.7 Å². The highest BCUT2D eigenvalue weighted by molar-refractivity contribution is 5.96. The van der Waals surface area contributed by atoms with Gasteiger partial charge in [-0.1, -0.05) is 12.8 Å². The third-order valence-electron chi connectivity index (χ3n) is 3.48. The third-order valence-corrected chi connectivity index (χ3v) is 3.48. The smallest absolute Gasteiger partial charge is 0.381 e. The number of hydrogen-bond acceptors (Lipinski definition) is 4. The van der Waals surface area contributed by atoms with Crippen molar-refractivity contribution < 1.29 is 19.5 Å². The molecule has 0 saturated heterocycles. The Hall–Kier alpha value is -3.34. The van der Waals surface area contributed by atoms with E-state index in [1.165, 1.54) is 0 Å². The number of carbonyl (C=O) groups is 3. The molecule has 2 amide bonds. The molecule has 0 heterocycles. The van der Waals surface area contributed by atoms with Crippen LogP contribution >= 0.6 is 0 Å². The monoisotopic (exact) mass is 358 g/mol. The molecule has 0 spiro atoms. The van der Waals surface area contributed by atoms with Crippen molar-refractivity contribution in [3.8, 4) is 11.8 Å². The molecule has 0 saturated carbocycles. The fourth-order valence-electron chi connectivity index (χ4n) is 1.97. The Morgan fingerprint density at radius 1 is 1.19 bits per heavy atom. The first-order chi connectivity index (χ1) is 12.3. The van der Waals surface area contributed by atoms with Crippen molar-refractivity contribution in [1.29, 1.82) is 5.41 Å². The lowest BCUT2D eigenvalue weighted by atomic mass is 10.1. The molecule has 1 rings (SSSR count). The van der Waals surface area contributed by atoms with Gasteiger partial charge in [0.05, 0.1) is 0 Å². The van der Waals surface area contributed by atoms with Crippen molar-refractivity contribution in [3.05, 3.63) is 29.8 Å². The molecular formula is C18H22N4O4. The van der Waals surface area contributed by atoms with E-state index in [-0.39, 0.29) is 43.0 Å². The number of nitrogen functional groups attached to an aromatic ring is 1. The minimum Gasteiger partial charge on any atom is -0.472 e. The van der Waals surface area contributed by atoms with E-state index in [0.29, 0.717) is 17.7 Å². The molecule has 1 aromatic carbocycles. The highest BCUT2D eigenvalue weighted by atomic mass is 16.4. The van der Waals surface area contributed by atoms with Crippen LogP contribution in [0.3, 0.4) is 0 Å². The Bertz CT molecular complexity index is 732. The Kier molecular flexibility index (Phi) is 8.37. The van der Waals surface area contributed by atoms with Gasteiger partial charge in [0, 0.05) is 42.5 Å². The van der Waals surface area contributed by atoms with Crippen molar-refractivity contribution in [2.45, 2.75) is 26.2 Å². The third kappa shape index (κ3) is 7.97. The summed E-state index contributed by atoms with van der Waals surface area (Å²) in [6.45, 7) is 2.09. The topological polar surface area (TPSA) is 145 Å². The summed E-state index contributed by atoms with van der Waals surface area (Å²) < 4.78 is 0. The first-order valence-corrected chi connectivity index (χ1v) is 8.07. The van der Waals surface area contributed by atoms with Gasteiger partial charge in [-0.3, -0.25) is 15.0 Å². The van der Waals surface area contributed by atoms with E-state index < -0.39 is 5.97 Å². The zero-order valence-corrected chi connectivity index (χ0v) is 14.5. The lowest BCUT2D eigenvalue weighted by Crippen LogP contribution is -2.29. The second kappa shape index (κ2) is 10.5.